The highest BCUT2D eigenvalue weighted by molar-refractivity contribution is 7.13. The lowest BCUT2D eigenvalue weighted by Crippen LogP contribution is -2.17. The molecule has 1 aromatic carbocycles. The van der Waals surface area contributed by atoms with Crippen molar-refractivity contribution in [3.8, 4) is 10.4 Å². The van der Waals surface area contributed by atoms with E-state index in [1.807, 2.05) is 35.7 Å². The molecule has 1 N–H and O–H groups in total. The van der Waals surface area contributed by atoms with Crippen LogP contribution in [-0.2, 0) is 0 Å². The zero-order chi connectivity index (χ0) is 15.4. The van der Waals surface area contributed by atoms with Gasteiger partial charge in [0.1, 0.15) is 5.71 Å². The molecule has 114 valence electrons. The lowest BCUT2D eigenvalue weighted by Gasteiger charge is -2.09. The molecular formula is C18H19NO2S. The van der Waals surface area contributed by atoms with Crippen LogP contribution in [0, 0.1) is 5.92 Å². The highest BCUT2D eigenvalue weighted by atomic mass is 32.1. The second-order valence-corrected chi connectivity index (χ2v) is 6.73. The van der Waals surface area contributed by atoms with Crippen molar-refractivity contribution in [3.63, 3.8) is 0 Å². The summed E-state index contributed by atoms with van der Waals surface area (Å²) < 4.78 is 0. The molecule has 2 aromatic rings. The molecule has 0 spiro atoms. The maximum Gasteiger partial charge on any atom is 0.210 e. The largest absolute Gasteiger partial charge is 0.411 e. The molecular weight excluding hydrogens is 294 g/mol. The summed E-state index contributed by atoms with van der Waals surface area (Å²) in [5.74, 6) is 0.326. The highest BCUT2D eigenvalue weighted by Gasteiger charge is 2.22. The number of rotatable bonds is 5. The summed E-state index contributed by atoms with van der Waals surface area (Å²) in [6.07, 6.45) is 5.27. The monoisotopic (exact) mass is 313 g/mol. The summed E-state index contributed by atoms with van der Waals surface area (Å²) in [6.45, 7) is 0. The number of hydrogen-bond donors (Lipinski definition) is 1. The number of carbonyl (C=O) groups excluding carboxylic acids is 1. The quantitative estimate of drug-likeness (QED) is 0.365. The third-order valence-electron chi connectivity index (χ3n) is 4.29. The van der Waals surface area contributed by atoms with E-state index in [1.54, 1.807) is 11.3 Å². The van der Waals surface area contributed by atoms with Gasteiger partial charge in [0, 0.05) is 10.4 Å². The number of benzene rings is 1. The fourth-order valence-electron chi connectivity index (χ4n) is 3.06. The van der Waals surface area contributed by atoms with Crippen molar-refractivity contribution in [2.24, 2.45) is 11.1 Å². The topological polar surface area (TPSA) is 49.7 Å². The molecule has 0 radical (unpaired) electrons. The molecule has 3 nitrogen and oxygen atoms in total. The number of hydrogen-bond acceptors (Lipinski definition) is 4. The minimum Gasteiger partial charge on any atom is -0.411 e. The Morgan fingerprint density at radius 3 is 2.50 bits per heavy atom. The van der Waals surface area contributed by atoms with Gasteiger partial charge in [-0.25, -0.2) is 0 Å². The smallest absolute Gasteiger partial charge is 0.210 e. The molecule has 0 aliphatic heterocycles. The SMILES string of the molecule is O=C(C(CC1CCCC1)=NO)c1ccc(-c2cccs2)cc1. The van der Waals surface area contributed by atoms with Crippen molar-refractivity contribution >= 4 is 22.8 Å². The van der Waals surface area contributed by atoms with Gasteiger partial charge in [0.05, 0.1) is 0 Å². The first-order valence-electron chi connectivity index (χ1n) is 7.67. The van der Waals surface area contributed by atoms with E-state index in [-0.39, 0.29) is 11.5 Å². The normalized spacial score (nSPS) is 16.1. The molecule has 22 heavy (non-hydrogen) atoms. The van der Waals surface area contributed by atoms with Gasteiger partial charge in [-0.2, -0.15) is 0 Å². The Hall–Kier alpha value is -1.94. The summed E-state index contributed by atoms with van der Waals surface area (Å²) in [6, 6.07) is 11.6. The molecule has 0 bridgehead atoms. The fraction of sp³-hybridized carbons (Fsp3) is 0.333. The molecule has 0 amide bonds. The summed E-state index contributed by atoms with van der Waals surface area (Å²) >= 11 is 1.67. The second-order valence-electron chi connectivity index (χ2n) is 5.79. The van der Waals surface area contributed by atoms with Crippen LogP contribution in [0.3, 0.4) is 0 Å². The van der Waals surface area contributed by atoms with Crippen LogP contribution in [0.4, 0.5) is 0 Å². The Morgan fingerprint density at radius 2 is 1.91 bits per heavy atom. The van der Waals surface area contributed by atoms with E-state index in [2.05, 4.69) is 11.2 Å². The van der Waals surface area contributed by atoms with Gasteiger partial charge in [-0.3, -0.25) is 4.79 Å². The van der Waals surface area contributed by atoms with E-state index in [1.165, 1.54) is 17.7 Å². The number of ketones is 1. The summed E-state index contributed by atoms with van der Waals surface area (Å²) in [4.78, 5) is 13.7. The van der Waals surface area contributed by atoms with Gasteiger partial charge in [0.25, 0.3) is 0 Å². The maximum absolute atomic E-state index is 12.5. The van der Waals surface area contributed by atoms with Crippen LogP contribution in [0.5, 0.6) is 0 Å². The zero-order valence-corrected chi connectivity index (χ0v) is 13.2. The van der Waals surface area contributed by atoms with Crippen molar-refractivity contribution in [1.82, 2.24) is 0 Å². The summed E-state index contributed by atoms with van der Waals surface area (Å²) in [5.41, 5.74) is 1.98. The first-order chi connectivity index (χ1) is 10.8. The molecule has 1 saturated carbocycles. The molecule has 0 saturated heterocycles. The minimum atomic E-state index is -0.160. The highest BCUT2D eigenvalue weighted by Crippen LogP contribution is 2.29. The van der Waals surface area contributed by atoms with Crippen molar-refractivity contribution < 1.29 is 10.0 Å². The Labute approximate surface area is 134 Å². The molecule has 1 aromatic heterocycles. The first-order valence-corrected chi connectivity index (χ1v) is 8.55. The predicted molar refractivity (Wildman–Crippen MR) is 89.9 cm³/mol. The third kappa shape index (κ3) is 3.28. The number of nitrogens with zero attached hydrogens (tertiary/aromatic N) is 1. The van der Waals surface area contributed by atoms with Crippen molar-refractivity contribution in [3.05, 3.63) is 47.3 Å². The van der Waals surface area contributed by atoms with Crippen LogP contribution in [0.2, 0.25) is 0 Å². The lowest BCUT2D eigenvalue weighted by molar-refractivity contribution is 0.105. The number of Topliss-reactive ketones (excluding diaryl/α,β-unsaturated/α-hetero) is 1. The van der Waals surface area contributed by atoms with E-state index < -0.39 is 0 Å². The fourth-order valence-corrected chi connectivity index (χ4v) is 3.80. The molecule has 0 atom stereocenters. The van der Waals surface area contributed by atoms with E-state index in [0.717, 1.165) is 18.4 Å². The minimum absolute atomic E-state index is 0.160. The molecule has 3 rings (SSSR count). The van der Waals surface area contributed by atoms with Crippen LogP contribution in [0.1, 0.15) is 42.5 Å². The number of thiophene rings is 1. The van der Waals surface area contributed by atoms with E-state index >= 15 is 0 Å². The average Bonchev–Trinajstić information content (AvgIpc) is 3.25. The van der Waals surface area contributed by atoms with Crippen LogP contribution >= 0.6 is 11.3 Å². The van der Waals surface area contributed by atoms with Gasteiger partial charge in [0.2, 0.25) is 5.78 Å². The standard InChI is InChI=1S/C18H19NO2S/c20-18(16(19-21)12-13-4-1-2-5-13)15-9-7-14(8-10-15)17-6-3-11-22-17/h3,6-11,13,21H,1-2,4-5,12H2. The lowest BCUT2D eigenvalue weighted by atomic mass is 9.95. The number of oxime groups is 1. The molecule has 1 aliphatic rings. The molecule has 1 fully saturated rings. The Kier molecular flexibility index (Phi) is 4.68. The molecule has 0 unspecified atom stereocenters. The molecule has 1 heterocycles. The van der Waals surface area contributed by atoms with Crippen molar-refractivity contribution in [2.75, 3.05) is 0 Å². The van der Waals surface area contributed by atoms with Gasteiger partial charge in [-0.1, -0.05) is 61.2 Å². The van der Waals surface area contributed by atoms with Crippen molar-refractivity contribution in [1.29, 1.82) is 0 Å². The van der Waals surface area contributed by atoms with Gasteiger partial charge in [-0.05, 0) is 29.3 Å². The molecule has 4 heteroatoms. The van der Waals surface area contributed by atoms with Crippen LogP contribution < -0.4 is 0 Å². The summed E-state index contributed by atoms with van der Waals surface area (Å²) in [5, 5.41) is 14.5. The zero-order valence-electron chi connectivity index (χ0n) is 12.4. The van der Waals surface area contributed by atoms with Gasteiger partial charge in [0.15, 0.2) is 0 Å². The Balaban J connectivity index is 1.73. The van der Waals surface area contributed by atoms with Crippen LogP contribution in [-0.4, -0.2) is 16.7 Å². The van der Waals surface area contributed by atoms with E-state index in [9.17, 15) is 10.0 Å². The Bertz CT molecular complexity index is 653. The maximum atomic E-state index is 12.5. The number of carbonyl (C=O) groups is 1. The van der Waals surface area contributed by atoms with Crippen LogP contribution in [0.15, 0.2) is 46.9 Å². The predicted octanol–water partition coefficient (Wildman–Crippen LogP) is 5.01. The van der Waals surface area contributed by atoms with Gasteiger partial charge >= 0.3 is 0 Å². The van der Waals surface area contributed by atoms with Crippen LogP contribution in [0.25, 0.3) is 10.4 Å². The third-order valence-corrected chi connectivity index (χ3v) is 5.21. The van der Waals surface area contributed by atoms with E-state index in [0.29, 0.717) is 17.9 Å². The van der Waals surface area contributed by atoms with E-state index in [4.69, 9.17) is 0 Å². The van der Waals surface area contributed by atoms with Gasteiger partial charge < -0.3 is 5.21 Å². The molecule has 1 aliphatic carbocycles. The average molecular weight is 313 g/mol. The Morgan fingerprint density at radius 1 is 1.18 bits per heavy atom. The first kappa shape index (κ1) is 15.0. The van der Waals surface area contributed by atoms with Crippen molar-refractivity contribution in [2.45, 2.75) is 32.1 Å². The second kappa shape index (κ2) is 6.88. The van der Waals surface area contributed by atoms with Gasteiger partial charge in [-0.15, -0.1) is 11.3 Å². The summed E-state index contributed by atoms with van der Waals surface area (Å²) in [7, 11) is 0.